The molecule has 0 saturated carbocycles. The van der Waals surface area contributed by atoms with Crippen LogP contribution in [0.15, 0.2) is 12.2 Å². The Morgan fingerprint density at radius 3 is 1.44 bits per heavy atom. The molecule has 16 heavy (non-hydrogen) atoms. The van der Waals surface area contributed by atoms with E-state index in [1.54, 1.807) is 0 Å². The summed E-state index contributed by atoms with van der Waals surface area (Å²) in [5.74, 6) is -1.47. The fraction of sp³-hybridized carbons (Fsp3) is 0.500. The zero-order valence-corrected chi connectivity index (χ0v) is 7.51. The molecule has 0 rings (SSSR count). The van der Waals surface area contributed by atoms with Crippen molar-refractivity contribution in [3.8, 4) is 0 Å². The first-order chi connectivity index (χ1) is 6.70. The Kier molecular flexibility index (Phi) is 21.3. The maximum absolute atomic E-state index is 10.7. The van der Waals surface area contributed by atoms with Crippen molar-refractivity contribution >= 4 is 71.1 Å². The second kappa shape index (κ2) is 15.6. The van der Waals surface area contributed by atoms with E-state index < -0.39 is 11.9 Å². The van der Waals surface area contributed by atoms with Crippen molar-refractivity contribution in [2.24, 2.45) is 0 Å². The van der Waals surface area contributed by atoms with Crippen LogP contribution in [0, 0.1) is 0 Å². The molecule has 0 atom stereocenters. The van der Waals surface area contributed by atoms with Gasteiger partial charge in [-0.15, -0.1) is 0 Å². The minimum atomic E-state index is -0.736. The Balaban J connectivity index is -0.000000845. The van der Waals surface area contributed by atoms with Crippen molar-refractivity contribution < 1.29 is 29.3 Å². The van der Waals surface area contributed by atoms with Gasteiger partial charge in [0, 0.05) is 12.2 Å². The van der Waals surface area contributed by atoms with E-state index in [4.69, 9.17) is 10.2 Å². The van der Waals surface area contributed by atoms with E-state index in [0.717, 1.165) is 12.2 Å². The number of carbonyl (C=O) groups excluding carboxylic acids is 2. The zero-order valence-electron chi connectivity index (χ0n) is 7.51. The Bertz CT molecular complexity index is 197. The molecule has 0 aliphatic rings. The number of carbonyl (C=O) groups is 2. The molecular formula is C8H14Na2O6. The molecule has 0 amide bonds. The van der Waals surface area contributed by atoms with Gasteiger partial charge in [0.1, 0.15) is 13.2 Å². The van der Waals surface area contributed by atoms with Crippen LogP contribution in [0.5, 0.6) is 0 Å². The summed E-state index contributed by atoms with van der Waals surface area (Å²) in [7, 11) is 0. The first kappa shape index (κ1) is 21.8. The summed E-state index contributed by atoms with van der Waals surface area (Å²) in [5.41, 5.74) is 0. The van der Waals surface area contributed by atoms with Crippen molar-refractivity contribution in [1.82, 2.24) is 0 Å². The molecule has 0 bridgehead atoms. The van der Waals surface area contributed by atoms with Crippen LogP contribution in [-0.2, 0) is 19.1 Å². The van der Waals surface area contributed by atoms with Crippen LogP contribution in [0.25, 0.3) is 0 Å². The summed E-state index contributed by atoms with van der Waals surface area (Å²) >= 11 is 0. The van der Waals surface area contributed by atoms with E-state index in [1.807, 2.05) is 0 Å². The first-order valence-corrected chi connectivity index (χ1v) is 3.94. The number of rotatable bonds is 6. The Morgan fingerprint density at radius 1 is 0.875 bits per heavy atom. The molecule has 0 spiro atoms. The normalized spacial score (nSPS) is 8.88. The van der Waals surface area contributed by atoms with Gasteiger partial charge >= 0.3 is 71.1 Å². The molecule has 0 aromatic rings. The predicted molar refractivity (Wildman–Crippen MR) is 59.5 cm³/mol. The summed E-state index contributed by atoms with van der Waals surface area (Å²) in [4.78, 5) is 21.4. The van der Waals surface area contributed by atoms with Gasteiger partial charge in [-0.2, -0.15) is 0 Å². The van der Waals surface area contributed by atoms with Gasteiger partial charge in [-0.05, 0) is 0 Å². The van der Waals surface area contributed by atoms with Crippen LogP contribution in [0.2, 0.25) is 0 Å². The second-order valence-corrected chi connectivity index (χ2v) is 2.12. The molecule has 0 aliphatic carbocycles. The van der Waals surface area contributed by atoms with Gasteiger partial charge in [-0.3, -0.25) is 0 Å². The van der Waals surface area contributed by atoms with Crippen LogP contribution >= 0.6 is 0 Å². The molecule has 0 aromatic carbocycles. The second-order valence-electron chi connectivity index (χ2n) is 2.12. The Hall–Kier alpha value is 0.600. The molecule has 0 fully saturated rings. The van der Waals surface area contributed by atoms with Crippen molar-refractivity contribution in [2.75, 3.05) is 26.4 Å². The van der Waals surface area contributed by atoms with Gasteiger partial charge in [0.2, 0.25) is 0 Å². The summed E-state index contributed by atoms with van der Waals surface area (Å²) in [5, 5.41) is 16.6. The third-order valence-corrected chi connectivity index (χ3v) is 1.03. The predicted octanol–water partition coefficient (Wildman–Crippen LogP) is -2.68. The summed E-state index contributed by atoms with van der Waals surface area (Å²) in [6, 6.07) is 0. The van der Waals surface area contributed by atoms with Crippen molar-refractivity contribution in [1.29, 1.82) is 0 Å². The zero-order chi connectivity index (χ0) is 10.8. The fourth-order valence-electron chi connectivity index (χ4n) is 0.525. The number of esters is 2. The van der Waals surface area contributed by atoms with Crippen LogP contribution in [0.4, 0.5) is 0 Å². The molecule has 8 heteroatoms. The average molecular weight is 252 g/mol. The third kappa shape index (κ3) is 14.6. The standard InChI is InChI=1S/C8H12O6.2Na.2H/c9-3-5-13-7(11)1-2-8(12)14-6-4-10;;;;/h1-2,9-10H,3-6H2;;;;/b2-1-;;;;. The van der Waals surface area contributed by atoms with Crippen LogP contribution < -0.4 is 0 Å². The van der Waals surface area contributed by atoms with Crippen molar-refractivity contribution in [2.45, 2.75) is 0 Å². The number of aliphatic hydroxyl groups excluding tert-OH is 2. The Labute approximate surface area is 138 Å². The van der Waals surface area contributed by atoms with E-state index in [0.29, 0.717) is 0 Å². The van der Waals surface area contributed by atoms with Crippen LogP contribution in [0.3, 0.4) is 0 Å². The molecule has 0 unspecified atom stereocenters. The van der Waals surface area contributed by atoms with Gasteiger partial charge < -0.3 is 19.7 Å². The SMILES string of the molecule is O=C(/C=C\C(=O)OCCO)OCCO.[NaH].[NaH]. The summed E-state index contributed by atoms with van der Waals surface area (Å²) in [6.07, 6.45) is 1.77. The topological polar surface area (TPSA) is 93.1 Å². The van der Waals surface area contributed by atoms with Crippen molar-refractivity contribution in [3.63, 3.8) is 0 Å². The van der Waals surface area contributed by atoms with E-state index in [1.165, 1.54) is 0 Å². The van der Waals surface area contributed by atoms with E-state index in [2.05, 4.69) is 9.47 Å². The van der Waals surface area contributed by atoms with Crippen LogP contribution in [-0.4, -0.2) is 108 Å². The maximum atomic E-state index is 10.7. The van der Waals surface area contributed by atoms with Gasteiger partial charge in [0.15, 0.2) is 0 Å². The number of aliphatic hydroxyl groups is 2. The Morgan fingerprint density at radius 2 is 1.19 bits per heavy atom. The number of ether oxygens (including phenoxy) is 2. The van der Waals surface area contributed by atoms with Gasteiger partial charge in [0.25, 0.3) is 0 Å². The number of hydrogen-bond acceptors (Lipinski definition) is 6. The van der Waals surface area contributed by atoms with Gasteiger partial charge in [-0.25, -0.2) is 9.59 Å². The molecular weight excluding hydrogens is 238 g/mol. The molecule has 84 valence electrons. The third-order valence-electron chi connectivity index (χ3n) is 1.03. The van der Waals surface area contributed by atoms with E-state index >= 15 is 0 Å². The van der Waals surface area contributed by atoms with Gasteiger partial charge in [0.05, 0.1) is 13.2 Å². The number of hydrogen-bond donors (Lipinski definition) is 2. The van der Waals surface area contributed by atoms with Crippen molar-refractivity contribution in [3.05, 3.63) is 12.2 Å². The first-order valence-electron chi connectivity index (χ1n) is 3.94. The monoisotopic (exact) mass is 252 g/mol. The summed E-state index contributed by atoms with van der Waals surface area (Å²) < 4.78 is 8.83. The quantitative estimate of drug-likeness (QED) is 0.304. The van der Waals surface area contributed by atoms with Gasteiger partial charge in [-0.1, -0.05) is 0 Å². The molecule has 0 saturated heterocycles. The van der Waals surface area contributed by atoms with E-state index in [-0.39, 0.29) is 85.5 Å². The average Bonchev–Trinajstić information content (AvgIpc) is 2.20. The van der Waals surface area contributed by atoms with Crippen LogP contribution in [0.1, 0.15) is 0 Å². The molecule has 0 aliphatic heterocycles. The molecule has 2 N–H and O–H groups in total. The molecule has 0 heterocycles. The molecule has 6 nitrogen and oxygen atoms in total. The fourth-order valence-corrected chi connectivity index (χ4v) is 0.525. The van der Waals surface area contributed by atoms with E-state index in [9.17, 15) is 9.59 Å². The molecule has 0 aromatic heterocycles. The molecule has 0 radical (unpaired) electrons. The summed E-state index contributed by atoms with van der Waals surface area (Å²) in [6.45, 7) is -0.771. The minimum absolute atomic E-state index is 0.